The van der Waals surface area contributed by atoms with E-state index < -0.39 is 16.3 Å². The molecule has 122 valence electrons. The predicted molar refractivity (Wildman–Crippen MR) is 93.6 cm³/mol. The lowest BCUT2D eigenvalue weighted by atomic mass is 10.0. The van der Waals surface area contributed by atoms with E-state index in [2.05, 4.69) is 10.3 Å². The Bertz CT molecular complexity index is 1080. The first-order chi connectivity index (χ1) is 11.4. The fourth-order valence-corrected chi connectivity index (χ4v) is 3.51. The maximum Gasteiger partial charge on any atom is 0.238 e. The highest BCUT2D eigenvalue weighted by Crippen LogP contribution is 2.37. The fourth-order valence-electron chi connectivity index (χ4n) is 2.97. The standard InChI is InChI=1S/C17H15N3O3S/c18-24(22,23)11-5-6-16-13(8-11)14(17(21)20-16)7-10-9-19-15-4-2-1-3-12(10)15/h1-9,17,19-21H,(H2,18,22,23). The molecule has 1 atom stereocenters. The zero-order valence-corrected chi connectivity index (χ0v) is 13.3. The highest BCUT2D eigenvalue weighted by atomic mass is 32.2. The maximum absolute atomic E-state index is 11.6. The van der Waals surface area contributed by atoms with Gasteiger partial charge in [0.25, 0.3) is 0 Å². The van der Waals surface area contributed by atoms with Crippen LogP contribution in [0, 0.1) is 0 Å². The van der Waals surface area contributed by atoms with E-state index in [0.717, 1.165) is 16.5 Å². The van der Waals surface area contributed by atoms with Crippen molar-refractivity contribution in [1.29, 1.82) is 0 Å². The Balaban J connectivity index is 1.88. The van der Waals surface area contributed by atoms with E-state index in [4.69, 9.17) is 5.14 Å². The van der Waals surface area contributed by atoms with Gasteiger partial charge in [0.15, 0.2) is 6.23 Å². The summed E-state index contributed by atoms with van der Waals surface area (Å²) in [5.41, 5.74) is 3.79. The number of aromatic nitrogens is 1. The van der Waals surface area contributed by atoms with Crippen LogP contribution in [-0.4, -0.2) is 24.7 Å². The van der Waals surface area contributed by atoms with Crippen LogP contribution in [-0.2, 0) is 10.0 Å². The number of aliphatic hydroxyl groups is 1. The highest BCUT2D eigenvalue weighted by Gasteiger charge is 2.26. The fraction of sp³-hybridized carbons (Fsp3) is 0.0588. The molecule has 3 aromatic rings. The van der Waals surface area contributed by atoms with Gasteiger partial charge in [0.1, 0.15) is 0 Å². The highest BCUT2D eigenvalue weighted by molar-refractivity contribution is 7.89. The molecule has 0 aliphatic carbocycles. The number of aliphatic hydroxyl groups excluding tert-OH is 1. The molecular weight excluding hydrogens is 326 g/mol. The summed E-state index contributed by atoms with van der Waals surface area (Å²) in [5.74, 6) is 0. The quantitative estimate of drug-likeness (QED) is 0.572. The second-order valence-electron chi connectivity index (χ2n) is 5.69. The van der Waals surface area contributed by atoms with Crippen molar-refractivity contribution in [3.8, 4) is 0 Å². The SMILES string of the molecule is NS(=O)(=O)c1ccc2c(c1)C(=Cc1c[nH]c3ccccc13)C(O)N2. The predicted octanol–water partition coefficient (Wildman–Crippen LogP) is 2.10. The molecule has 5 N–H and O–H groups in total. The Kier molecular flexibility index (Phi) is 3.24. The second-order valence-corrected chi connectivity index (χ2v) is 7.25. The van der Waals surface area contributed by atoms with Crippen LogP contribution in [0.2, 0.25) is 0 Å². The number of para-hydroxylation sites is 1. The number of H-pyrrole nitrogens is 1. The normalized spacial score (nSPS) is 18.8. The molecule has 1 aliphatic heterocycles. The first kappa shape index (κ1) is 14.9. The molecule has 7 heteroatoms. The van der Waals surface area contributed by atoms with Gasteiger partial charge in [-0.3, -0.25) is 0 Å². The zero-order chi connectivity index (χ0) is 16.9. The molecule has 0 saturated carbocycles. The molecule has 1 unspecified atom stereocenters. The molecule has 0 fully saturated rings. The van der Waals surface area contributed by atoms with Crippen molar-refractivity contribution >= 4 is 38.3 Å². The van der Waals surface area contributed by atoms with Crippen LogP contribution < -0.4 is 10.5 Å². The lowest BCUT2D eigenvalue weighted by molar-refractivity contribution is 0.266. The van der Waals surface area contributed by atoms with Crippen LogP contribution in [0.3, 0.4) is 0 Å². The molecule has 1 aliphatic rings. The first-order valence-electron chi connectivity index (χ1n) is 7.33. The molecule has 2 heterocycles. The van der Waals surface area contributed by atoms with Gasteiger partial charge in [-0.25, -0.2) is 13.6 Å². The summed E-state index contributed by atoms with van der Waals surface area (Å²) in [4.78, 5) is 3.19. The lowest BCUT2D eigenvalue weighted by Crippen LogP contribution is -2.12. The number of benzene rings is 2. The number of rotatable bonds is 2. The molecule has 0 saturated heterocycles. The van der Waals surface area contributed by atoms with Gasteiger partial charge in [-0.2, -0.15) is 0 Å². The van der Waals surface area contributed by atoms with Crippen LogP contribution >= 0.6 is 0 Å². The Morgan fingerprint density at radius 1 is 1.17 bits per heavy atom. The number of nitrogens with two attached hydrogens (primary N) is 1. The zero-order valence-electron chi connectivity index (χ0n) is 12.5. The van der Waals surface area contributed by atoms with E-state index in [1.165, 1.54) is 12.1 Å². The van der Waals surface area contributed by atoms with Crippen molar-refractivity contribution in [3.63, 3.8) is 0 Å². The lowest BCUT2D eigenvalue weighted by Gasteiger charge is -2.05. The molecule has 0 spiro atoms. The molecule has 0 amide bonds. The number of hydrogen-bond donors (Lipinski definition) is 4. The third-order valence-electron chi connectivity index (χ3n) is 4.15. The van der Waals surface area contributed by atoms with Gasteiger partial charge in [0.05, 0.1) is 4.90 Å². The third-order valence-corrected chi connectivity index (χ3v) is 5.06. The van der Waals surface area contributed by atoms with E-state index in [0.29, 0.717) is 16.8 Å². The third kappa shape index (κ3) is 2.39. The summed E-state index contributed by atoms with van der Waals surface area (Å²) >= 11 is 0. The van der Waals surface area contributed by atoms with Gasteiger partial charge in [-0.05, 0) is 30.3 Å². The van der Waals surface area contributed by atoms with Crippen molar-refractivity contribution in [2.24, 2.45) is 5.14 Å². The number of primary sulfonamides is 1. The summed E-state index contributed by atoms with van der Waals surface area (Å²) in [5, 5.41) is 19.5. The van der Waals surface area contributed by atoms with E-state index in [9.17, 15) is 13.5 Å². The van der Waals surface area contributed by atoms with Crippen molar-refractivity contribution in [2.45, 2.75) is 11.1 Å². The monoisotopic (exact) mass is 341 g/mol. The van der Waals surface area contributed by atoms with Gasteiger partial charge in [-0.15, -0.1) is 0 Å². The Morgan fingerprint density at radius 3 is 2.75 bits per heavy atom. The van der Waals surface area contributed by atoms with Gasteiger partial charge < -0.3 is 15.4 Å². The number of sulfonamides is 1. The van der Waals surface area contributed by atoms with E-state index >= 15 is 0 Å². The number of aromatic amines is 1. The van der Waals surface area contributed by atoms with E-state index in [1.807, 2.05) is 36.5 Å². The number of hydrogen-bond acceptors (Lipinski definition) is 4. The molecule has 24 heavy (non-hydrogen) atoms. The van der Waals surface area contributed by atoms with Crippen molar-refractivity contribution in [1.82, 2.24) is 4.98 Å². The van der Waals surface area contributed by atoms with E-state index in [1.54, 1.807) is 6.07 Å². The topological polar surface area (TPSA) is 108 Å². The van der Waals surface area contributed by atoms with Gasteiger partial charge in [-0.1, -0.05) is 18.2 Å². The van der Waals surface area contributed by atoms with Crippen molar-refractivity contribution in [3.05, 3.63) is 59.8 Å². The van der Waals surface area contributed by atoms with Gasteiger partial charge >= 0.3 is 0 Å². The largest absolute Gasteiger partial charge is 0.369 e. The van der Waals surface area contributed by atoms with Gasteiger partial charge in [0, 0.05) is 39.5 Å². The van der Waals surface area contributed by atoms with Crippen LogP contribution in [0.1, 0.15) is 11.1 Å². The summed E-state index contributed by atoms with van der Waals surface area (Å²) < 4.78 is 23.2. The summed E-state index contributed by atoms with van der Waals surface area (Å²) in [6, 6.07) is 12.3. The molecule has 2 aromatic carbocycles. The second kappa shape index (κ2) is 5.20. The minimum Gasteiger partial charge on any atom is -0.369 e. The van der Waals surface area contributed by atoms with Gasteiger partial charge in [0.2, 0.25) is 10.0 Å². The summed E-state index contributed by atoms with van der Waals surface area (Å²) in [6.45, 7) is 0. The van der Waals surface area contributed by atoms with E-state index in [-0.39, 0.29) is 4.90 Å². The number of fused-ring (bicyclic) bond motifs is 2. The Labute approximate surface area is 138 Å². The molecule has 0 radical (unpaired) electrons. The van der Waals surface area contributed by atoms with Crippen LogP contribution in [0.15, 0.2) is 53.6 Å². The number of anilines is 1. The minimum absolute atomic E-state index is 0.0157. The average molecular weight is 341 g/mol. The van der Waals surface area contributed by atoms with Crippen molar-refractivity contribution in [2.75, 3.05) is 5.32 Å². The van der Waals surface area contributed by atoms with Crippen LogP contribution in [0.5, 0.6) is 0 Å². The molecule has 1 aromatic heterocycles. The molecule has 4 rings (SSSR count). The summed E-state index contributed by atoms with van der Waals surface area (Å²) in [7, 11) is -3.80. The van der Waals surface area contributed by atoms with Crippen LogP contribution in [0.4, 0.5) is 5.69 Å². The maximum atomic E-state index is 11.6. The smallest absolute Gasteiger partial charge is 0.238 e. The molecule has 6 nitrogen and oxygen atoms in total. The average Bonchev–Trinajstić information content (AvgIpc) is 3.08. The Hall–Kier alpha value is -2.61. The molecular formula is C17H15N3O3S. The van der Waals surface area contributed by atoms with Crippen LogP contribution in [0.25, 0.3) is 22.6 Å². The van der Waals surface area contributed by atoms with Crippen molar-refractivity contribution < 1.29 is 13.5 Å². The molecule has 0 bridgehead atoms. The number of nitrogens with one attached hydrogen (secondary N) is 2. The summed E-state index contributed by atoms with van der Waals surface area (Å²) in [6.07, 6.45) is 2.78. The first-order valence-corrected chi connectivity index (χ1v) is 8.88. The Morgan fingerprint density at radius 2 is 1.96 bits per heavy atom. The minimum atomic E-state index is -3.80.